The number of rotatable bonds is 5. The van der Waals surface area contributed by atoms with Crippen molar-refractivity contribution in [1.82, 2.24) is 20.4 Å². The second-order valence-corrected chi connectivity index (χ2v) is 7.84. The Kier molecular flexibility index (Phi) is 6.89. The van der Waals surface area contributed by atoms with Crippen LogP contribution in [0.2, 0.25) is 0 Å². The van der Waals surface area contributed by atoms with Crippen LogP contribution in [0.3, 0.4) is 0 Å². The molecule has 1 fully saturated rings. The monoisotopic (exact) mass is 435 g/mol. The van der Waals surface area contributed by atoms with Crippen molar-refractivity contribution < 1.29 is 14.3 Å². The minimum atomic E-state index is -0.748. The number of aliphatic imine (C=N–C) groups is 1. The zero-order valence-corrected chi connectivity index (χ0v) is 18.3. The van der Waals surface area contributed by atoms with Crippen molar-refractivity contribution in [2.75, 3.05) is 46.4 Å². The molecule has 1 atom stereocenters. The molecule has 2 aromatic rings. The number of carbonyl (C=O) groups excluding carboxylic acids is 2. The summed E-state index contributed by atoms with van der Waals surface area (Å²) in [4.78, 5) is 35.0. The average Bonchev–Trinajstić information content (AvgIpc) is 2.88. The van der Waals surface area contributed by atoms with Gasteiger partial charge in [-0.3, -0.25) is 14.6 Å². The number of nitrogens with one attached hydrogen (secondary N) is 2. The number of hydrogen-bond donors (Lipinski definition) is 2. The first kappa shape index (κ1) is 21.7. The van der Waals surface area contributed by atoms with Crippen molar-refractivity contribution in [1.29, 1.82) is 0 Å². The molecule has 32 heavy (non-hydrogen) atoms. The van der Waals surface area contributed by atoms with Crippen LogP contribution in [-0.2, 0) is 4.79 Å². The third kappa shape index (κ3) is 5.01. The summed E-state index contributed by atoms with van der Waals surface area (Å²) in [6.07, 6.45) is 1.05. The number of hydrogen-bond acceptors (Lipinski definition) is 6. The van der Waals surface area contributed by atoms with Gasteiger partial charge in [0.25, 0.3) is 5.91 Å². The Morgan fingerprint density at radius 3 is 2.38 bits per heavy atom. The smallest absolute Gasteiger partial charge is 0.252 e. The molecule has 4 rings (SSSR count). The van der Waals surface area contributed by atoms with Crippen LogP contribution in [0.5, 0.6) is 5.75 Å². The van der Waals surface area contributed by atoms with Gasteiger partial charge in [-0.25, -0.2) is 0 Å². The predicted molar refractivity (Wildman–Crippen MR) is 123 cm³/mol. The molecule has 0 radical (unpaired) electrons. The van der Waals surface area contributed by atoms with E-state index in [0.717, 1.165) is 31.0 Å². The van der Waals surface area contributed by atoms with Gasteiger partial charge in [-0.15, -0.1) is 0 Å². The van der Waals surface area contributed by atoms with Gasteiger partial charge in [-0.2, -0.15) is 0 Å². The fourth-order valence-electron chi connectivity index (χ4n) is 3.94. The third-order valence-corrected chi connectivity index (χ3v) is 5.78. The Morgan fingerprint density at radius 2 is 1.75 bits per heavy atom. The molecule has 0 saturated carbocycles. The van der Waals surface area contributed by atoms with Crippen LogP contribution in [0.4, 0.5) is 0 Å². The normalized spacial score (nSPS) is 17.1. The minimum absolute atomic E-state index is 0.101. The molecule has 0 bridgehead atoms. The van der Waals surface area contributed by atoms with Crippen LogP contribution in [0.25, 0.3) is 0 Å². The molecule has 2 aliphatic rings. The molecule has 8 heteroatoms. The summed E-state index contributed by atoms with van der Waals surface area (Å²) >= 11 is 0. The van der Waals surface area contributed by atoms with Crippen LogP contribution in [0, 0.1) is 0 Å². The molecular formula is C24H29N5O3. The lowest BCUT2D eigenvalue weighted by atomic mass is 10.0. The van der Waals surface area contributed by atoms with Crippen molar-refractivity contribution in [3.05, 3.63) is 65.7 Å². The molecule has 1 saturated heterocycles. The number of amides is 2. The summed E-state index contributed by atoms with van der Waals surface area (Å²) in [5.74, 6) is 1.20. The molecule has 0 aromatic heterocycles. The van der Waals surface area contributed by atoms with E-state index in [9.17, 15) is 9.59 Å². The van der Waals surface area contributed by atoms with Crippen LogP contribution in [0.15, 0.2) is 59.6 Å². The van der Waals surface area contributed by atoms with E-state index < -0.39 is 6.04 Å². The molecule has 168 valence electrons. The lowest BCUT2D eigenvalue weighted by molar-refractivity contribution is -0.134. The number of piperazine rings is 1. The zero-order valence-electron chi connectivity index (χ0n) is 18.3. The van der Waals surface area contributed by atoms with Gasteiger partial charge < -0.3 is 25.2 Å². The third-order valence-electron chi connectivity index (χ3n) is 5.78. The Hall–Kier alpha value is -3.55. The highest BCUT2D eigenvalue weighted by molar-refractivity contribution is 5.98. The zero-order chi connectivity index (χ0) is 22.3. The van der Waals surface area contributed by atoms with E-state index in [1.807, 2.05) is 35.2 Å². The molecule has 8 nitrogen and oxygen atoms in total. The van der Waals surface area contributed by atoms with Crippen molar-refractivity contribution >= 4 is 17.8 Å². The topological polar surface area (TPSA) is 86.3 Å². The van der Waals surface area contributed by atoms with Crippen molar-refractivity contribution in [2.24, 2.45) is 4.99 Å². The number of ether oxygens (including phenoxy) is 1. The van der Waals surface area contributed by atoms with Gasteiger partial charge >= 0.3 is 0 Å². The Bertz CT molecular complexity index is 953. The second-order valence-electron chi connectivity index (χ2n) is 7.84. The van der Waals surface area contributed by atoms with Crippen LogP contribution in [-0.4, -0.2) is 74.0 Å². The molecule has 2 N–H and O–H groups in total. The lowest BCUT2D eigenvalue weighted by Gasteiger charge is -2.38. The minimum Gasteiger partial charge on any atom is -0.497 e. The highest BCUT2D eigenvalue weighted by Gasteiger charge is 2.31. The largest absolute Gasteiger partial charge is 0.497 e. The van der Waals surface area contributed by atoms with Crippen molar-refractivity contribution in [2.45, 2.75) is 12.5 Å². The maximum Gasteiger partial charge on any atom is 0.252 e. The highest BCUT2D eigenvalue weighted by atomic mass is 16.5. The summed E-state index contributed by atoms with van der Waals surface area (Å²) in [6.45, 7) is 4.37. The van der Waals surface area contributed by atoms with Gasteiger partial charge in [0.05, 0.1) is 7.11 Å². The van der Waals surface area contributed by atoms with E-state index in [0.29, 0.717) is 37.5 Å². The molecule has 0 spiro atoms. The molecule has 0 aliphatic carbocycles. The second kappa shape index (κ2) is 10.2. The summed E-state index contributed by atoms with van der Waals surface area (Å²) in [6, 6.07) is 15.5. The van der Waals surface area contributed by atoms with E-state index in [-0.39, 0.29) is 11.8 Å². The van der Waals surface area contributed by atoms with Gasteiger partial charge in [0.2, 0.25) is 5.91 Å². The predicted octanol–water partition coefficient (Wildman–Crippen LogP) is 1.66. The standard InChI is InChI=1S/C24H29N5O3/c1-32-20-10-8-19(9-11-20)22(30)27-21(18-6-3-2-4-7-18)23(31)28-14-16-29(17-15-28)24-25-12-5-13-26-24/h2-4,6-11,21H,5,12-17H2,1H3,(H,25,26)(H,27,30). The van der Waals surface area contributed by atoms with E-state index in [1.54, 1.807) is 31.4 Å². The number of benzene rings is 2. The van der Waals surface area contributed by atoms with E-state index in [4.69, 9.17) is 4.74 Å². The summed E-state index contributed by atoms with van der Waals surface area (Å²) in [5.41, 5.74) is 1.24. The molecular weight excluding hydrogens is 406 g/mol. The van der Waals surface area contributed by atoms with E-state index in [1.165, 1.54) is 0 Å². The van der Waals surface area contributed by atoms with Gasteiger partial charge in [0.15, 0.2) is 5.96 Å². The van der Waals surface area contributed by atoms with Gasteiger partial charge in [-0.05, 0) is 36.2 Å². The molecule has 2 aliphatic heterocycles. The molecule has 2 aromatic carbocycles. The first-order valence-corrected chi connectivity index (χ1v) is 11.0. The molecule has 2 heterocycles. The first-order chi connectivity index (χ1) is 15.7. The maximum atomic E-state index is 13.5. The fraction of sp³-hybridized carbons (Fsp3) is 0.375. The SMILES string of the molecule is COc1ccc(C(=O)NC(C(=O)N2CCN(C3=NCCCN3)CC2)c2ccccc2)cc1. The number of carbonyl (C=O) groups is 2. The van der Waals surface area contributed by atoms with E-state index >= 15 is 0 Å². The van der Waals surface area contributed by atoms with Gasteiger partial charge in [0, 0.05) is 44.8 Å². The average molecular weight is 436 g/mol. The van der Waals surface area contributed by atoms with Crippen LogP contribution < -0.4 is 15.4 Å². The summed E-state index contributed by atoms with van der Waals surface area (Å²) in [5, 5.41) is 6.28. The maximum absolute atomic E-state index is 13.5. The first-order valence-electron chi connectivity index (χ1n) is 11.0. The lowest BCUT2D eigenvalue weighted by Crippen LogP contribution is -2.56. The quantitative estimate of drug-likeness (QED) is 0.746. The molecule has 1 unspecified atom stereocenters. The van der Waals surface area contributed by atoms with Crippen molar-refractivity contribution in [3.63, 3.8) is 0 Å². The Morgan fingerprint density at radius 1 is 1.03 bits per heavy atom. The number of methoxy groups -OCH3 is 1. The number of nitrogens with zero attached hydrogens (tertiary/aromatic N) is 3. The highest BCUT2D eigenvalue weighted by Crippen LogP contribution is 2.19. The van der Waals surface area contributed by atoms with Crippen LogP contribution >= 0.6 is 0 Å². The summed E-state index contributed by atoms with van der Waals surface area (Å²) < 4.78 is 5.16. The van der Waals surface area contributed by atoms with Crippen LogP contribution in [0.1, 0.15) is 28.4 Å². The van der Waals surface area contributed by atoms with Gasteiger partial charge in [-0.1, -0.05) is 30.3 Å². The Balaban J connectivity index is 1.46. The molecule has 2 amide bonds. The number of guanidine groups is 1. The summed E-state index contributed by atoms with van der Waals surface area (Å²) in [7, 11) is 1.58. The van der Waals surface area contributed by atoms with E-state index in [2.05, 4.69) is 20.5 Å². The Labute approximate surface area is 188 Å². The van der Waals surface area contributed by atoms with Crippen molar-refractivity contribution in [3.8, 4) is 5.75 Å². The fourth-order valence-corrected chi connectivity index (χ4v) is 3.94. The van der Waals surface area contributed by atoms with Gasteiger partial charge in [0.1, 0.15) is 11.8 Å².